The van der Waals surface area contributed by atoms with Gasteiger partial charge in [0.2, 0.25) is 0 Å². The topological polar surface area (TPSA) is 29.1 Å². The Morgan fingerprint density at radius 1 is 1.56 bits per heavy atom. The Morgan fingerprint density at radius 3 is 2.81 bits per heavy atom. The third-order valence-electron chi connectivity index (χ3n) is 2.26. The molecule has 0 heterocycles. The largest absolute Gasteiger partial charge is 0.352 e. The van der Waals surface area contributed by atoms with E-state index in [0.717, 1.165) is 6.42 Å². The monoisotopic (exact) mass is 287 g/mol. The van der Waals surface area contributed by atoms with E-state index in [1.165, 1.54) is 6.07 Å². The molecule has 1 atom stereocenters. The van der Waals surface area contributed by atoms with Crippen molar-refractivity contribution in [2.75, 3.05) is 6.54 Å². The Balaban J connectivity index is 2.56. The van der Waals surface area contributed by atoms with Crippen LogP contribution in [0.15, 0.2) is 18.2 Å². The van der Waals surface area contributed by atoms with Gasteiger partial charge >= 0.3 is 0 Å². The van der Waals surface area contributed by atoms with E-state index in [9.17, 15) is 9.18 Å². The molecule has 1 aromatic carbocycles. The summed E-state index contributed by atoms with van der Waals surface area (Å²) < 4.78 is 13.2. The molecule has 2 nitrogen and oxygen atoms in total. The molecule has 1 unspecified atom stereocenters. The highest BCUT2D eigenvalue weighted by molar-refractivity contribution is 9.09. The van der Waals surface area contributed by atoms with E-state index in [0.29, 0.717) is 22.5 Å². The zero-order valence-electron chi connectivity index (χ0n) is 9.39. The number of benzene rings is 1. The van der Waals surface area contributed by atoms with Crippen molar-refractivity contribution in [2.45, 2.75) is 25.1 Å². The Morgan fingerprint density at radius 2 is 2.25 bits per heavy atom. The van der Waals surface area contributed by atoms with Gasteiger partial charge in [0.25, 0.3) is 5.91 Å². The first-order chi connectivity index (χ1) is 7.50. The first kappa shape index (κ1) is 13.2. The van der Waals surface area contributed by atoms with Gasteiger partial charge in [-0.2, -0.15) is 0 Å². The summed E-state index contributed by atoms with van der Waals surface area (Å²) in [4.78, 5) is 12.0. The second-order valence-corrected chi connectivity index (χ2v) is 5.35. The van der Waals surface area contributed by atoms with E-state index in [2.05, 4.69) is 21.2 Å². The van der Waals surface area contributed by atoms with Crippen molar-refractivity contribution >= 4 is 21.8 Å². The zero-order chi connectivity index (χ0) is 12.1. The quantitative estimate of drug-likeness (QED) is 0.848. The lowest BCUT2D eigenvalue weighted by molar-refractivity contribution is 0.0953. The van der Waals surface area contributed by atoms with Gasteiger partial charge in [-0.1, -0.05) is 28.9 Å². The van der Waals surface area contributed by atoms with Crippen LogP contribution in [-0.4, -0.2) is 17.3 Å². The minimum absolute atomic E-state index is 0.230. The summed E-state index contributed by atoms with van der Waals surface area (Å²) in [6.45, 7) is 4.27. The maximum atomic E-state index is 13.2. The standard InChI is InChI=1S/C12H15BrFNO/c1-8-3-4-10(7-11(8)14)12(16)15-6-5-9(2)13/h3-4,7,9H,5-6H2,1-2H3,(H,15,16). The fourth-order valence-electron chi connectivity index (χ4n) is 1.22. The number of carbonyl (C=O) groups excluding carboxylic acids is 1. The molecule has 1 aromatic rings. The number of hydrogen-bond acceptors (Lipinski definition) is 1. The molecular weight excluding hydrogens is 273 g/mol. The molecule has 0 aliphatic rings. The van der Waals surface area contributed by atoms with Gasteiger partial charge in [0.1, 0.15) is 5.82 Å². The van der Waals surface area contributed by atoms with Crippen LogP contribution in [0.25, 0.3) is 0 Å². The zero-order valence-corrected chi connectivity index (χ0v) is 11.0. The Labute approximate surface area is 103 Å². The normalized spacial score (nSPS) is 12.2. The van der Waals surface area contributed by atoms with Gasteiger partial charge in [0.05, 0.1) is 0 Å². The summed E-state index contributed by atoms with van der Waals surface area (Å²) >= 11 is 3.39. The molecule has 0 spiro atoms. The van der Waals surface area contributed by atoms with Gasteiger partial charge in [0.15, 0.2) is 0 Å². The molecule has 0 bridgehead atoms. The van der Waals surface area contributed by atoms with Crippen molar-refractivity contribution in [2.24, 2.45) is 0 Å². The molecule has 1 amide bonds. The Kier molecular flexibility index (Phi) is 4.93. The maximum absolute atomic E-state index is 13.2. The van der Waals surface area contributed by atoms with Gasteiger partial charge in [0, 0.05) is 16.9 Å². The lowest BCUT2D eigenvalue weighted by atomic mass is 10.1. The molecule has 4 heteroatoms. The fourth-order valence-corrected chi connectivity index (χ4v) is 1.45. The maximum Gasteiger partial charge on any atom is 0.251 e. The number of carbonyl (C=O) groups is 1. The first-order valence-corrected chi connectivity index (χ1v) is 6.10. The first-order valence-electron chi connectivity index (χ1n) is 5.19. The van der Waals surface area contributed by atoms with Crippen molar-refractivity contribution in [3.8, 4) is 0 Å². The summed E-state index contributed by atoms with van der Waals surface area (Å²) in [5, 5.41) is 2.74. The smallest absolute Gasteiger partial charge is 0.251 e. The molecular formula is C12H15BrFNO. The number of nitrogens with one attached hydrogen (secondary N) is 1. The minimum atomic E-state index is -0.346. The lowest BCUT2D eigenvalue weighted by Gasteiger charge is -2.07. The molecule has 0 aliphatic carbocycles. The SMILES string of the molecule is Cc1ccc(C(=O)NCCC(C)Br)cc1F. The van der Waals surface area contributed by atoms with Crippen LogP contribution in [0, 0.1) is 12.7 Å². The number of aryl methyl sites for hydroxylation is 1. The number of rotatable bonds is 4. The van der Waals surface area contributed by atoms with Gasteiger partial charge in [-0.05, 0) is 31.0 Å². The van der Waals surface area contributed by atoms with Gasteiger partial charge in [-0.25, -0.2) is 4.39 Å². The number of halogens is 2. The number of alkyl halides is 1. The van der Waals surface area contributed by atoms with E-state index >= 15 is 0 Å². The molecule has 16 heavy (non-hydrogen) atoms. The summed E-state index contributed by atoms with van der Waals surface area (Å²) in [7, 11) is 0. The van der Waals surface area contributed by atoms with Crippen LogP contribution in [0.5, 0.6) is 0 Å². The molecule has 0 aromatic heterocycles. The molecule has 0 saturated carbocycles. The van der Waals surface area contributed by atoms with Crippen LogP contribution in [0.1, 0.15) is 29.3 Å². The molecule has 88 valence electrons. The van der Waals surface area contributed by atoms with E-state index in [1.807, 2.05) is 6.92 Å². The van der Waals surface area contributed by atoms with Crippen LogP contribution in [0.2, 0.25) is 0 Å². The van der Waals surface area contributed by atoms with Crippen LogP contribution < -0.4 is 5.32 Å². The Bertz CT molecular complexity index is 379. The van der Waals surface area contributed by atoms with Crippen LogP contribution in [0.3, 0.4) is 0 Å². The third kappa shape index (κ3) is 3.93. The fraction of sp³-hybridized carbons (Fsp3) is 0.417. The summed E-state index contributed by atoms with van der Waals surface area (Å²) in [5.74, 6) is -0.575. The molecule has 1 rings (SSSR count). The molecule has 1 N–H and O–H groups in total. The number of hydrogen-bond donors (Lipinski definition) is 1. The van der Waals surface area contributed by atoms with Crippen molar-refractivity contribution in [1.82, 2.24) is 5.32 Å². The predicted molar refractivity (Wildman–Crippen MR) is 66.5 cm³/mol. The van der Waals surface area contributed by atoms with Crippen molar-refractivity contribution in [1.29, 1.82) is 0 Å². The highest BCUT2D eigenvalue weighted by Gasteiger charge is 2.07. The van der Waals surface area contributed by atoms with Gasteiger partial charge in [-0.3, -0.25) is 4.79 Å². The van der Waals surface area contributed by atoms with E-state index in [1.54, 1.807) is 19.1 Å². The molecule has 0 aliphatic heterocycles. The molecule has 0 fully saturated rings. The van der Waals surface area contributed by atoms with Crippen LogP contribution in [-0.2, 0) is 0 Å². The predicted octanol–water partition coefficient (Wildman–Crippen LogP) is 3.04. The van der Waals surface area contributed by atoms with Gasteiger partial charge < -0.3 is 5.32 Å². The lowest BCUT2D eigenvalue weighted by Crippen LogP contribution is -2.25. The minimum Gasteiger partial charge on any atom is -0.352 e. The van der Waals surface area contributed by atoms with Gasteiger partial charge in [-0.15, -0.1) is 0 Å². The van der Waals surface area contributed by atoms with E-state index in [4.69, 9.17) is 0 Å². The van der Waals surface area contributed by atoms with E-state index in [-0.39, 0.29) is 11.7 Å². The average molecular weight is 288 g/mol. The van der Waals surface area contributed by atoms with Crippen molar-refractivity contribution < 1.29 is 9.18 Å². The van der Waals surface area contributed by atoms with E-state index < -0.39 is 0 Å². The summed E-state index contributed by atoms with van der Waals surface area (Å²) in [6, 6.07) is 4.50. The summed E-state index contributed by atoms with van der Waals surface area (Å²) in [5.41, 5.74) is 0.913. The highest BCUT2D eigenvalue weighted by Crippen LogP contribution is 2.09. The third-order valence-corrected chi connectivity index (χ3v) is 2.72. The Hall–Kier alpha value is -0.900. The molecule has 0 saturated heterocycles. The molecule has 0 radical (unpaired) electrons. The second-order valence-electron chi connectivity index (χ2n) is 3.79. The second kappa shape index (κ2) is 5.99. The summed E-state index contributed by atoms with van der Waals surface area (Å²) in [6.07, 6.45) is 0.847. The highest BCUT2D eigenvalue weighted by atomic mass is 79.9. The van der Waals surface area contributed by atoms with Crippen LogP contribution >= 0.6 is 15.9 Å². The van der Waals surface area contributed by atoms with Crippen molar-refractivity contribution in [3.05, 3.63) is 35.1 Å². The number of amides is 1. The average Bonchev–Trinajstić information content (AvgIpc) is 2.21. The van der Waals surface area contributed by atoms with Crippen LogP contribution in [0.4, 0.5) is 4.39 Å². The van der Waals surface area contributed by atoms with Crippen molar-refractivity contribution in [3.63, 3.8) is 0 Å².